The molecule has 0 aliphatic carbocycles. The topological polar surface area (TPSA) is 65.5 Å². The van der Waals surface area contributed by atoms with E-state index < -0.39 is 0 Å². The van der Waals surface area contributed by atoms with E-state index in [0.717, 1.165) is 22.0 Å². The number of carbonyl (C=O) groups excluding carboxylic acids is 1. The molecule has 26 heavy (non-hydrogen) atoms. The minimum absolute atomic E-state index is 0.0406. The molecule has 1 aliphatic heterocycles. The van der Waals surface area contributed by atoms with Crippen molar-refractivity contribution in [2.45, 2.75) is 0 Å². The molecule has 0 radical (unpaired) electrons. The zero-order chi connectivity index (χ0) is 18.3. The lowest BCUT2D eigenvalue weighted by Gasteiger charge is -2.14. The van der Waals surface area contributed by atoms with E-state index in [0.29, 0.717) is 24.9 Å². The number of para-hydroxylation sites is 1. The first kappa shape index (κ1) is 17.3. The van der Waals surface area contributed by atoms with E-state index in [9.17, 15) is 9.90 Å². The minimum atomic E-state index is -0.307. The van der Waals surface area contributed by atoms with Crippen LogP contribution in [-0.2, 0) is 4.79 Å². The van der Waals surface area contributed by atoms with Crippen molar-refractivity contribution < 1.29 is 9.90 Å². The summed E-state index contributed by atoms with van der Waals surface area (Å²) >= 11 is 13.8. The first-order chi connectivity index (χ1) is 12.5. The van der Waals surface area contributed by atoms with Gasteiger partial charge in [-0.25, -0.2) is 4.98 Å². The molecule has 130 valence electrons. The Hall–Kier alpha value is -2.13. The molecule has 1 aromatic heterocycles. The van der Waals surface area contributed by atoms with Gasteiger partial charge in [0.2, 0.25) is 5.13 Å². The minimum Gasteiger partial charge on any atom is -0.507 e. The van der Waals surface area contributed by atoms with Crippen LogP contribution in [0.4, 0.5) is 5.13 Å². The normalized spacial score (nSPS) is 16.0. The predicted molar refractivity (Wildman–Crippen MR) is 111 cm³/mol. The number of halogens is 1. The second-order valence-corrected chi connectivity index (χ2v) is 8.46. The standard InChI is InChI=1S/C17H10ClN3O2S3/c18-10-5-6-12(22)9(7-10)8-14-15(23)21(17(24)26-14)20-16-19-11-3-1-2-4-13(11)25-16/h1-8,22H,(H,19,20)/b14-8-. The molecule has 2 aromatic carbocycles. The Morgan fingerprint density at radius 1 is 1.27 bits per heavy atom. The monoisotopic (exact) mass is 419 g/mol. The van der Waals surface area contributed by atoms with E-state index in [4.69, 9.17) is 23.8 Å². The predicted octanol–water partition coefficient (Wildman–Crippen LogP) is 4.88. The number of nitrogens with zero attached hydrogens (tertiary/aromatic N) is 2. The number of benzene rings is 2. The molecule has 3 aromatic rings. The number of thiocarbonyl (C=S) groups is 1. The third kappa shape index (κ3) is 3.28. The van der Waals surface area contributed by atoms with Crippen molar-refractivity contribution in [3.05, 3.63) is 58.0 Å². The van der Waals surface area contributed by atoms with Gasteiger partial charge in [0.1, 0.15) is 5.75 Å². The zero-order valence-electron chi connectivity index (χ0n) is 13.0. The van der Waals surface area contributed by atoms with Crippen LogP contribution in [0.15, 0.2) is 47.4 Å². The van der Waals surface area contributed by atoms with Gasteiger partial charge in [0.15, 0.2) is 4.32 Å². The quantitative estimate of drug-likeness (QED) is 0.465. The molecule has 0 spiro atoms. The van der Waals surface area contributed by atoms with Gasteiger partial charge >= 0.3 is 0 Å². The smallest absolute Gasteiger partial charge is 0.285 e. The van der Waals surface area contributed by atoms with E-state index in [1.165, 1.54) is 22.4 Å². The number of phenolic OH excluding ortho intramolecular Hbond substituents is 1. The van der Waals surface area contributed by atoms with Gasteiger partial charge in [-0.3, -0.25) is 10.2 Å². The first-order valence-corrected chi connectivity index (χ1v) is 9.82. The molecule has 0 saturated carbocycles. The average molecular weight is 420 g/mol. The van der Waals surface area contributed by atoms with Gasteiger partial charge in [0.25, 0.3) is 5.91 Å². The van der Waals surface area contributed by atoms with Crippen LogP contribution in [-0.4, -0.2) is 25.3 Å². The average Bonchev–Trinajstić information content (AvgIpc) is 3.14. The Labute approximate surface area is 167 Å². The summed E-state index contributed by atoms with van der Waals surface area (Å²) in [5, 5.41) is 12.3. The third-order valence-electron chi connectivity index (χ3n) is 3.57. The van der Waals surface area contributed by atoms with Gasteiger partial charge < -0.3 is 5.11 Å². The van der Waals surface area contributed by atoms with E-state index in [1.54, 1.807) is 18.2 Å². The molecule has 1 fully saturated rings. The Morgan fingerprint density at radius 2 is 2.08 bits per heavy atom. The Kier molecular flexibility index (Phi) is 4.58. The number of phenols is 1. The van der Waals surface area contributed by atoms with Crippen molar-refractivity contribution in [1.29, 1.82) is 0 Å². The number of carbonyl (C=O) groups is 1. The van der Waals surface area contributed by atoms with Gasteiger partial charge in [0, 0.05) is 10.6 Å². The zero-order valence-corrected chi connectivity index (χ0v) is 16.2. The Bertz CT molecular complexity index is 1050. The SMILES string of the molecule is O=C1/C(=C/c2cc(Cl)ccc2O)SC(=S)N1Nc1nc2ccccc2s1. The maximum absolute atomic E-state index is 12.7. The van der Waals surface area contributed by atoms with Crippen molar-refractivity contribution in [3.63, 3.8) is 0 Å². The molecule has 1 amide bonds. The molecule has 1 aliphatic rings. The molecule has 2 heterocycles. The molecule has 5 nitrogen and oxygen atoms in total. The van der Waals surface area contributed by atoms with Gasteiger partial charge in [-0.15, -0.1) is 0 Å². The van der Waals surface area contributed by atoms with Crippen LogP contribution in [0.5, 0.6) is 5.75 Å². The highest BCUT2D eigenvalue weighted by atomic mass is 35.5. The number of fused-ring (bicyclic) bond motifs is 1. The van der Waals surface area contributed by atoms with Crippen molar-refractivity contribution in [3.8, 4) is 5.75 Å². The lowest BCUT2D eigenvalue weighted by atomic mass is 10.2. The van der Waals surface area contributed by atoms with Crippen molar-refractivity contribution in [1.82, 2.24) is 9.99 Å². The van der Waals surface area contributed by atoms with Crippen LogP contribution in [0, 0.1) is 0 Å². The van der Waals surface area contributed by atoms with Crippen molar-refractivity contribution in [2.24, 2.45) is 0 Å². The maximum Gasteiger partial charge on any atom is 0.285 e. The molecular weight excluding hydrogens is 410 g/mol. The van der Waals surface area contributed by atoms with Crippen LogP contribution in [0.25, 0.3) is 16.3 Å². The number of nitrogens with one attached hydrogen (secondary N) is 1. The maximum atomic E-state index is 12.7. The fraction of sp³-hybridized carbons (Fsp3) is 0. The highest BCUT2D eigenvalue weighted by Gasteiger charge is 2.33. The summed E-state index contributed by atoms with van der Waals surface area (Å²) < 4.78 is 1.38. The molecule has 4 rings (SSSR count). The Balaban J connectivity index is 1.60. The highest BCUT2D eigenvalue weighted by molar-refractivity contribution is 8.26. The van der Waals surface area contributed by atoms with Gasteiger partial charge in [-0.1, -0.05) is 46.8 Å². The summed E-state index contributed by atoms with van der Waals surface area (Å²) in [6, 6.07) is 12.4. The van der Waals surface area contributed by atoms with E-state index in [2.05, 4.69) is 10.4 Å². The summed E-state index contributed by atoms with van der Waals surface area (Å²) in [5.41, 5.74) is 4.28. The molecule has 0 bridgehead atoms. The number of hydrogen-bond acceptors (Lipinski definition) is 7. The summed E-state index contributed by atoms with van der Waals surface area (Å²) in [6.45, 7) is 0. The molecule has 0 unspecified atom stereocenters. The lowest BCUT2D eigenvalue weighted by molar-refractivity contribution is -0.121. The van der Waals surface area contributed by atoms with Crippen LogP contribution in [0.3, 0.4) is 0 Å². The molecule has 1 saturated heterocycles. The van der Waals surface area contributed by atoms with E-state index in [-0.39, 0.29) is 11.7 Å². The number of hydrazine groups is 1. The number of hydrogen-bond donors (Lipinski definition) is 2. The van der Waals surface area contributed by atoms with Crippen LogP contribution in [0.2, 0.25) is 5.02 Å². The van der Waals surface area contributed by atoms with Gasteiger partial charge in [-0.05, 0) is 48.6 Å². The second-order valence-electron chi connectivity index (χ2n) is 5.32. The third-order valence-corrected chi connectivity index (χ3v) is 6.05. The fourth-order valence-electron chi connectivity index (χ4n) is 2.36. The van der Waals surface area contributed by atoms with Crippen LogP contribution in [0.1, 0.15) is 5.56 Å². The number of thioether (sulfide) groups is 1. The summed E-state index contributed by atoms with van der Waals surface area (Å²) in [7, 11) is 0. The second kappa shape index (κ2) is 6.88. The number of rotatable bonds is 3. The number of aromatic hydroxyl groups is 1. The van der Waals surface area contributed by atoms with Gasteiger partial charge in [-0.2, -0.15) is 5.01 Å². The van der Waals surface area contributed by atoms with E-state index >= 15 is 0 Å². The molecule has 0 atom stereocenters. The molecular formula is C17H10ClN3O2S3. The number of anilines is 1. The van der Waals surface area contributed by atoms with Gasteiger partial charge in [0.05, 0.1) is 15.1 Å². The van der Waals surface area contributed by atoms with Crippen molar-refractivity contribution >= 4 is 78.6 Å². The fourth-order valence-corrected chi connectivity index (χ4v) is 4.57. The Morgan fingerprint density at radius 3 is 2.88 bits per heavy atom. The largest absolute Gasteiger partial charge is 0.507 e. The highest BCUT2D eigenvalue weighted by Crippen LogP contribution is 2.36. The van der Waals surface area contributed by atoms with Crippen LogP contribution >= 0.6 is 46.9 Å². The summed E-state index contributed by atoms with van der Waals surface area (Å²) in [6.07, 6.45) is 1.57. The summed E-state index contributed by atoms with van der Waals surface area (Å²) in [4.78, 5) is 17.5. The van der Waals surface area contributed by atoms with E-state index in [1.807, 2.05) is 24.3 Å². The summed E-state index contributed by atoms with van der Waals surface area (Å²) in [5.74, 6) is -0.266. The molecule has 2 N–H and O–H groups in total. The van der Waals surface area contributed by atoms with Crippen molar-refractivity contribution in [2.75, 3.05) is 5.43 Å². The molecule has 9 heteroatoms. The number of aromatic nitrogens is 1. The lowest BCUT2D eigenvalue weighted by Crippen LogP contribution is -2.33. The van der Waals surface area contributed by atoms with Crippen LogP contribution < -0.4 is 5.43 Å². The number of thiazole rings is 1. The number of amides is 1. The first-order valence-electron chi connectivity index (χ1n) is 7.40.